The predicted octanol–water partition coefficient (Wildman–Crippen LogP) is 3.16. The van der Waals surface area contributed by atoms with E-state index in [2.05, 4.69) is 6.07 Å². The van der Waals surface area contributed by atoms with E-state index in [1.54, 1.807) is 19.1 Å². The van der Waals surface area contributed by atoms with Gasteiger partial charge in [0.25, 0.3) is 0 Å². The summed E-state index contributed by atoms with van der Waals surface area (Å²) in [6.45, 7) is 5.76. The zero-order valence-electron chi connectivity index (χ0n) is 11.0. The number of rotatable bonds is 5. The van der Waals surface area contributed by atoms with Gasteiger partial charge in [0.2, 0.25) is 0 Å². The highest BCUT2D eigenvalue weighted by atomic mass is 19.1. The van der Waals surface area contributed by atoms with E-state index in [9.17, 15) is 4.39 Å². The van der Waals surface area contributed by atoms with Crippen molar-refractivity contribution in [3.8, 4) is 11.8 Å². The molecule has 1 aromatic carbocycles. The van der Waals surface area contributed by atoms with Crippen molar-refractivity contribution >= 4 is 0 Å². The van der Waals surface area contributed by atoms with E-state index >= 15 is 0 Å². The number of halogens is 1. The van der Waals surface area contributed by atoms with Crippen molar-refractivity contribution in [2.45, 2.75) is 33.2 Å². The summed E-state index contributed by atoms with van der Waals surface area (Å²) in [5.41, 5.74) is 5.94. The minimum Gasteiger partial charge on any atom is -0.490 e. The van der Waals surface area contributed by atoms with E-state index in [1.165, 1.54) is 6.07 Å². The summed E-state index contributed by atoms with van der Waals surface area (Å²) in [7, 11) is 0. The third kappa shape index (κ3) is 4.01. The maximum Gasteiger partial charge on any atom is 0.165 e. The number of hydrogen-bond donors (Lipinski definition) is 1. The van der Waals surface area contributed by atoms with Crippen molar-refractivity contribution in [3.05, 3.63) is 29.6 Å². The highest BCUT2D eigenvalue weighted by Gasteiger charge is 2.17. The van der Waals surface area contributed by atoms with Crippen LogP contribution in [0.4, 0.5) is 4.39 Å². The summed E-state index contributed by atoms with van der Waals surface area (Å²) < 4.78 is 19.0. The van der Waals surface area contributed by atoms with Gasteiger partial charge in [-0.05, 0) is 44.9 Å². The first-order chi connectivity index (χ1) is 8.35. The molecule has 0 amide bonds. The fourth-order valence-electron chi connectivity index (χ4n) is 1.39. The second kappa shape index (κ2) is 5.83. The molecule has 0 spiro atoms. The molecule has 0 aliphatic carbocycles. The van der Waals surface area contributed by atoms with Gasteiger partial charge in [-0.3, -0.25) is 0 Å². The third-order valence-electron chi connectivity index (χ3n) is 2.77. The first kappa shape index (κ1) is 14.5. The van der Waals surface area contributed by atoms with Crippen molar-refractivity contribution < 1.29 is 9.13 Å². The van der Waals surface area contributed by atoms with Crippen molar-refractivity contribution in [1.29, 1.82) is 5.26 Å². The van der Waals surface area contributed by atoms with Crippen LogP contribution in [0.15, 0.2) is 18.2 Å². The lowest BCUT2D eigenvalue weighted by atomic mass is 9.92. The van der Waals surface area contributed by atoms with E-state index in [0.29, 0.717) is 13.0 Å². The molecule has 0 bridgehead atoms. The molecule has 0 aromatic heterocycles. The standard InChI is InChI=1S/C14H19FN2O/c1-10(17)11-4-5-13(12(15)8-11)18-7-6-14(2,3)9-16/h4-5,8,10H,6-7,17H2,1-3H3. The largest absolute Gasteiger partial charge is 0.490 e. The number of hydrogen-bond acceptors (Lipinski definition) is 3. The molecule has 18 heavy (non-hydrogen) atoms. The van der Waals surface area contributed by atoms with Crippen LogP contribution in [-0.2, 0) is 0 Å². The molecule has 0 saturated carbocycles. The van der Waals surface area contributed by atoms with Crippen molar-refractivity contribution in [2.75, 3.05) is 6.61 Å². The molecule has 2 N–H and O–H groups in total. The lowest BCUT2D eigenvalue weighted by molar-refractivity contribution is 0.254. The molecule has 1 rings (SSSR count). The number of benzene rings is 1. The molecule has 1 aromatic rings. The van der Waals surface area contributed by atoms with Gasteiger partial charge in [0.15, 0.2) is 11.6 Å². The second-order valence-corrected chi connectivity index (χ2v) is 5.07. The third-order valence-corrected chi connectivity index (χ3v) is 2.77. The molecule has 0 fully saturated rings. The molecule has 3 nitrogen and oxygen atoms in total. The van der Waals surface area contributed by atoms with Crippen LogP contribution in [0.25, 0.3) is 0 Å². The second-order valence-electron chi connectivity index (χ2n) is 5.07. The minimum absolute atomic E-state index is 0.202. The summed E-state index contributed by atoms with van der Waals surface area (Å²) in [4.78, 5) is 0. The number of nitriles is 1. The van der Waals surface area contributed by atoms with Crippen LogP contribution in [0.1, 0.15) is 38.8 Å². The van der Waals surface area contributed by atoms with Gasteiger partial charge < -0.3 is 10.5 Å². The van der Waals surface area contributed by atoms with E-state index in [4.69, 9.17) is 15.7 Å². The Kier molecular flexibility index (Phi) is 4.69. The fraction of sp³-hybridized carbons (Fsp3) is 0.500. The molecule has 98 valence electrons. The van der Waals surface area contributed by atoms with Crippen molar-refractivity contribution in [3.63, 3.8) is 0 Å². The number of nitrogens with two attached hydrogens (primary N) is 1. The SMILES string of the molecule is CC(N)c1ccc(OCCC(C)(C)C#N)c(F)c1. The number of ether oxygens (including phenoxy) is 1. The Labute approximate surface area is 107 Å². The number of nitrogens with zero attached hydrogens (tertiary/aromatic N) is 1. The summed E-state index contributed by atoms with van der Waals surface area (Å²) in [5, 5.41) is 8.85. The van der Waals surface area contributed by atoms with Crippen LogP contribution in [0.3, 0.4) is 0 Å². The Morgan fingerprint density at radius 3 is 2.67 bits per heavy atom. The Balaban J connectivity index is 2.62. The molecule has 0 aliphatic heterocycles. The molecular formula is C14H19FN2O. The average Bonchev–Trinajstić information content (AvgIpc) is 2.31. The average molecular weight is 250 g/mol. The molecule has 0 aliphatic rings. The quantitative estimate of drug-likeness (QED) is 0.873. The van der Waals surface area contributed by atoms with Crippen LogP contribution in [0.5, 0.6) is 5.75 Å². The monoisotopic (exact) mass is 250 g/mol. The Hall–Kier alpha value is -1.60. The van der Waals surface area contributed by atoms with E-state index < -0.39 is 11.2 Å². The van der Waals surface area contributed by atoms with Crippen LogP contribution < -0.4 is 10.5 Å². The molecule has 0 heterocycles. The molecule has 4 heteroatoms. The van der Waals surface area contributed by atoms with Crippen LogP contribution >= 0.6 is 0 Å². The normalized spacial score (nSPS) is 12.9. The lowest BCUT2D eigenvalue weighted by Gasteiger charge is -2.16. The molecular weight excluding hydrogens is 231 g/mol. The highest BCUT2D eigenvalue weighted by molar-refractivity contribution is 5.30. The van der Waals surface area contributed by atoms with Gasteiger partial charge in [-0.25, -0.2) is 4.39 Å². The van der Waals surface area contributed by atoms with Crippen LogP contribution in [-0.4, -0.2) is 6.61 Å². The van der Waals surface area contributed by atoms with Gasteiger partial charge in [-0.2, -0.15) is 5.26 Å². The van der Waals surface area contributed by atoms with Gasteiger partial charge in [-0.1, -0.05) is 6.07 Å². The van der Waals surface area contributed by atoms with Gasteiger partial charge in [0.05, 0.1) is 18.1 Å². The maximum absolute atomic E-state index is 13.7. The zero-order valence-corrected chi connectivity index (χ0v) is 11.0. The van der Waals surface area contributed by atoms with Crippen LogP contribution in [0, 0.1) is 22.6 Å². The highest BCUT2D eigenvalue weighted by Crippen LogP contribution is 2.23. The zero-order chi connectivity index (χ0) is 13.8. The van der Waals surface area contributed by atoms with Gasteiger partial charge in [0.1, 0.15) is 0 Å². The molecule has 1 atom stereocenters. The molecule has 0 radical (unpaired) electrons. The Morgan fingerprint density at radius 1 is 1.50 bits per heavy atom. The first-order valence-corrected chi connectivity index (χ1v) is 5.95. The maximum atomic E-state index is 13.7. The van der Waals surface area contributed by atoms with Gasteiger partial charge >= 0.3 is 0 Å². The van der Waals surface area contributed by atoms with E-state index in [1.807, 2.05) is 13.8 Å². The first-order valence-electron chi connectivity index (χ1n) is 5.95. The summed E-state index contributed by atoms with van der Waals surface area (Å²) >= 11 is 0. The lowest BCUT2D eigenvalue weighted by Crippen LogP contribution is -2.13. The molecule has 0 saturated heterocycles. The van der Waals surface area contributed by atoms with Gasteiger partial charge in [-0.15, -0.1) is 0 Å². The van der Waals surface area contributed by atoms with E-state index in [-0.39, 0.29) is 11.8 Å². The fourth-order valence-corrected chi connectivity index (χ4v) is 1.39. The predicted molar refractivity (Wildman–Crippen MR) is 68.5 cm³/mol. The summed E-state index contributed by atoms with van der Waals surface area (Å²) in [6.07, 6.45) is 0.554. The smallest absolute Gasteiger partial charge is 0.165 e. The van der Waals surface area contributed by atoms with Crippen LogP contribution in [0.2, 0.25) is 0 Å². The van der Waals surface area contributed by atoms with E-state index in [0.717, 1.165) is 5.56 Å². The minimum atomic E-state index is -0.456. The van der Waals surface area contributed by atoms with Gasteiger partial charge in [0, 0.05) is 6.04 Å². The Bertz CT molecular complexity index is 450. The summed E-state index contributed by atoms with van der Waals surface area (Å²) in [5.74, 6) is -0.215. The molecule has 1 unspecified atom stereocenters. The topological polar surface area (TPSA) is 59.0 Å². The van der Waals surface area contributed by atoms with Crippen molar-refractivity contribution in [1.82, 2.24) is 0 Å². The summed E-state index contributed by atoms with van der Waals surface area (Å²) in [6, 6.07) is 6.68. The van der Waals surface area contributed by atoms with Crippen molar-refractivity contribution in [2.24, 2.45) is 11.1 Å². The Morgan fingerprint density at radius 2 is 2.17 bits per heavy atom.